The van der Waals surface area contributed by atoms with Gasteiger partial charge in [-0.3, -0.25) is 9.69 Å². The Labute approximate surface area is 195 Å². The Morgan fingerprint density at radius 3 is 2.45 bits per heavy atom. The number of nitrogens with zero attached hydrogens (tertiary/aromatic N) is 1. The maximum atomic E-state index is 12.4. The van der Waals surface area contributed by atoms with Crippen LogP contribution in [0.4, 0.5) is 10.5 Å². The van der Waals surface area contributed by atoms with E-state index in [4.69, 9.17) is 14.2 Å². The molecule has 1 saturated carbocycles. The van der Waals surface area contributed by atoms with Gasteiger partial charge >= 0.3 is 12.1 Å². The molecule has 2 fully saturated rings. The lowest BCUT2D eigenvalue weighted by molar-refractivity contribution is -0.146. The van der Waals surface area contributed by atoms with Crippen molar-refractivity contribution in [1.29, 1.82) is 0 Å². The van der Waals surface area contributed by atoms with Gasteiger partial charge in [-0.25, -0.2) is 13.2 Å². The summed E-state index contributed by atoms with van der Waals surface area (Å²) in [5.41, 5.74) is 1.46. The lowest BCUT2D eigenvalue weighted by Gasteiger charge is -2.31. The van der Waals surface area contributed by atoms with Gasteiger partial charge < -0.3 is 14.2 Å². The topological polar surface area (TPSA) is 99.2 Å². The molecule has 0 N–H and O–H groups in total. The van der Waals surface area contributed by atoms with E-state index in [1.165, 1.54) is 11.8 Å². The Bertz CT molecular complexity index is 1030. The number of amides is 1. The molecule has 0 spiro atoms. The van der Waals surface area contributed by atoms with Crippen molar-refractivity contribution in [3.63, 3.8) is 0 Å². The van der Waals surface area contributed by atoms with Crippen LogP contribution in [0.2, 0.25) is 0 Å². The second kappa shape index (κ2) is 10.1. The Morgan fingerprint density at radius 2 is 1.88 bits per heavy atom. The summed E-state index contributed by atoms with van der Waals surface area (Å²) < 4.78 is 38.8. The molecule has 0 aromatic heterocycles. The van der Waals surface area contributed by atoms with Crippen LogP contribution in [0.25, 0.3) is 0 Å². The molecule has 8 nitrogen and oxygen atoms in total. The van der Waals surface area contributed by atoms with Crippen molar-refractivity contribution in [2.45, 2.75) is 57.0 Å². The molecule has 1 amide bonds. The molecule has 33 heavy (non-hydrogen) atoms. The molecule has 1 aliphatic heterocycles. The summed E-state index contributed by atoms with van der Waals surface area (Å²) in [6.07, 6.45) is 1.68. The fraction of sp³-hybridized carbons (Fsp3) is 0.583. The van der Waals surface area contributed by atoms with E-state index in [2.05, 4.69) is 11.8 Å². The maximum absolute atomic E-state index is 12.4. The van der Waals surface area contributed by atoms with Crippen LogP contribution in [-0.4, -0.2) is 63.4 Å². The molecule has 1 aromatic rings. The van der Waals surface area contributed by atoms with E-state index in [1.54, 1.807) is 19.1 Å². The zero-order valence-electron chi connectivity index (χ0n) is 19.5. The van der Waals surface area contributed by atoms with Crippen molar-refractivity contribution in [2.24, 2.45) is 5.92 Å². The lowest BCUT2D eigenvalue weighted by atomic mass is 9.82. The summed E-state index contributed by atoms with van der Waals surface area (Å²) in [4.78, 5) is 26.3. The molecule has 9 heteroatoms. The summed E-state index contributed by atoms with van der Waals surface area (Å²) in [5.74, 6) is 5.92. The fourth-order valence-corrected chi connectivity index (χ4v) is 4.76. The number of esters is 1. The normalized spacial score (nSPS) is 24.2. The third kappa shape index (κ3) is 5.68. The number of sulfone groups is 1. The number of hydrogen-bond acceptors (Lipinski definition) is 7. The minimum Gasteiger partial charge on any atom is -0.465 e. The Balaban J connectivity index is 1.64. The highest BCUT2D eigenvalue weighted by Crippen LogP contribution is 2.31. The molecular formula is C24H31NO7S. The van der Waals surface area contributed by atoms with Crippen molar-refractivity contribution < 1.29 is 32.2 Å². The first-order chi connectivity index (χ1) is 15.6. The van der Waals surface area contributed by atoms with Gasteiger partial charge in [0.1, 0.15) is 6.10 Å². The van der Waals surface area contributed by atoms with Gasteiger partial charge in [-0.1, -0.05) is 11.8 Å². The smallest absolute Gasteiger partial charge is 0.414 e. The van der Waals surface area contributed by atoms with E-state index in [9.17, 15) is 18.0 Å². The van der Waals surface area contributed by atoms with Gasteiger partial charge in [-0.2, -0.15) is 0 Å². The summed E-state index contributed by atoms with van der Waals surface area (Å²) in [5, 5.41) is 0. The molecule has 2 aliphatic rings. The monoisotopic (exact) mass is 477 g/mol. The zero-order chi connectivity index (χ0) is 24.2. The van der Waals surface area contributed by atoms with Crippen LogP contribution in [-0.2, 0) is 28.8 Å². The van der Waals surface area contributed by atoms with Crippen molar-refractivity contribution in [3.8, 4) is 11.8 Å². The molecule has 0 bridgehead atoms. The molecule has 1 aromatic carbocycles. The summed E-state index contributed by atoms with van der Waals surface area (Å²) in [6.45, 7) is 5.82. The number of anilines is 1. The third-order valence-electron chi connectivity index (χ3n) is 6.11. The molecule has 1 heterocycles. The van der Waals surface area contributed by atoms with Gasteiger partial charge in [0.05, 0.1) is 19.3 Å². The standard InChI is InChI=1S/C24H31NO7S/c1-5-30-20-13-18(14-20)8-7-17-9-11-19(12-10-17)25-16-21(32-23(25)27)15-24(3,33(4,28)29)22(26)31-6-2/h9-12,18,20-21H,5-6,13-16H2,1-4H3/t18?,20?,21-,24+/m0/s1. The molecule has 180 valence electrons. The molecule has 3 rings (SSSR count). The van der Waals surface area contributed by atoms with E-state index >= 15 is 0 Å². The second-order valence-corrected chi connectivity index (χ2v) is 11.1. The van der Waals surface area contributed by atoms with E-state index in [-0.39, 0.29) is 19.6 Å². The maximum Gasteiger partial charge on any atom is 0.414 e. The van der Waals surface area contributed by atoms with Crippen LogP contribution >= 0.6 is 0 Å². The van der Waals surface area contributed by atoms with Crippen LogP contribution in [0.5, 0.6) is 0 Å². The fourth-order valence-electron chi connectivity index (χ4n) is 3.91. The Morgan fingerprint density at radius 1 is 1.21 bits per heavy atom. The van der Waals surface area contributed by atoms with Crippen molar-refractivity contribution in [3.05, 3.63) is 29.8 Å². The van der Waals surface area contributed by atoms with E-state index in [0.717, 1.165) is 31.3 Å². The number of carbonyl (C=O) groups excluding carboxylic acids is 2. The number of carbonyl (C=O) groups is 2. The summed E-state index contributed by atoms with van der Waals surface area (Å²) in [6, 6.07) is 7.22. The average molecular weight is 478 g/mol. The number of benzene rings is 1. The van der Waals surface area contributed by atoms with Gasteiger partial charge in [0, 0.05) is 36.5 Å². The van der Waals surface area contributed by atoms with Crippen molar-refractivity contribution >= 4 is 27.6 Å². The Hall–Kier alpha value is -2.57. The quantitative estimate of drug-likeness (QED) is 0.419. The zero-order valence-corrected chi connectivity index (χ0v) is 20.3. The van der Waals surface area contributed by atoms with Gasteiger partial charge in [-0.05, 0) is 57.9 Å². The molecule has 1 aliphatic carbocycles. The van der Waals surface area contributed by atoms with Gasteiger partial charge in [0.25, 0.3) is 0 Å². The SMILES string of the molecule is CCOC(=O)[C@@](C)(C[C@H]1CN(c2ccc(C#CC3CC(OCC)C3)cc2)C(=O)O1)S(C)(=O)=O. The van der Waals surface area contributed by atoms with Crippen LogP contribution in [0, 0.1) is 17.8 Å². The molecular weight excluding hydrogens is 446 g/mol. The first-order valence-electron chi connectivity index (χ1n) is 11.2. The first kappa shape index (κ1) is 25.1. The summed E-state index contributed by atoms with van der Waals surface area (Å²) >= 11 is 0. The van der Waals surface area contributed by atoms with Crippen molar-refractivity contribution in [1.82, 2.24) is 0 Å². The lowest BCUT2D eigenvalue weighted by Crippen LogP contribution is -2.47. The average Bonchev–Trinajstić information content (AvgIpc) is 3.09. The predicted molar refractivity (Wildman–Crippen MR) is 124 cm³/mol. The first-order valence-corrected chi connectivity index (χ1v) is 13.0. The van der Waals surface area contributed by atoms with E-state index < -0.39 is 32.8 Å². The third-order valence-corrected chi connectivity index (χ3v) is 8.08. The Kier molecular flexibility index (Phi) is 7.70. The molecule has 0 radical (unpaired) electrons. The van der Waals surface area contributed by atoms with Crippen LogP contribution in [0.15, 0.2) is 24.3 Å². The van der Waals surface area contributed by atoms with Crippen molar-refractivity contribution in [2.75, 3.05) is 30.9 Å². The van der Waals surface area contributed by atoms with Crippen LogP contribution in [0.1, 0.15) is 45.6 Å². The van der Waals surface area contributed by atoms with Gasteiger partial charge in [0.15, 0.2) is 14.6 Å². The van der Waals surface area contributed by atoms with Crippen LogP contribution in [0.3, 0.4) is 0 Å². The highest BCUT2D eigenvalue weighted by atomic mass is 32.2. The number of hydrogen-bond donors (Lipinski definition) is 0. The number of rotatable bonds is 8. The summed E-state index contributed by atoms with van der Waals surface area (Å²) in [7, 11) is -3.80. The van der Waals surface area contributed by atoms with E-state index in [1.807, 2.05) is 19.1 Å². The highest BCUT2D eigenvalue weighted by molar-refractivity contribution is 7.92. The number of ether oxygens (including phenoxy) is 3. The predicted octanol–water partition coefficient (Wildman–Crippen LogP) is 2.93. The van der Waals surface area contributed by atoms with Gasteiger partial charge in [-0.15, -0.1) is 0 Å². The highest BCUT2D eigenvalue weighted by Gasteiger charge is 2.49. The number of cyclic esters (lactones) is 1. The van der Waals surface area contributed by atoms with E-state index in [0.29, 0.717) is 17.7 Å². The minimum atomic E-state index is -3.80. The largest absolute Gasteiger partial charge is 0.465 e. The molecule has 0 unspecified atom stereocenters. The molecule has 1 saturated heterocycles. The minimum absolute atomic E-state index is 0.0591. The van der Waals surface area contributed by atoms with Gasteiger partial charge in [0.2, 0.25) is 0 Å². The second-order valence-electron chi connectivity index (χ2n) is 8.61. The molecule has 2 atom stereocenters. The van der Waals surface area contributed by atoms with Crippen LogP contribution < -0.4 is 4.90 Å².